The lowest BCUT2D eigenvalue weighted by molar-refractivity contribution is 0.391. The Morgan fingerprint density at radius 2 is 2.31 bits per heavy atom. The molecule has 3 N–H and O–H groups in total. The van der Waals surface area contributed by atoms with Gasteiger partial charge in [0.1, 0.15) is 0 Å². The Morgan fingerprint density at radius 1 is 1.69 bits per heavy atom. The SMILES string of the molecule is CN(C(=S)NN)C1CCS(=O)(=O)C1. The van der Waals surface area contributed by atoms with Gasteiger partial charge in [0, 0.05) is 13.1 Å². The highest BCUT2D eigenvalue weighted by molar-refractivity contribution is 7.91. The normalized spacial score (nSPS) is 25.5. The molecular formula is C6H13N3O2S2. The van der Waals surface area contributed by atoms with Crippen molar-refractivity contribution >= 4 is 27.2 Å². The molecule has 1 rings (SSSR count). The minimum absolute atomic E-state index is 0.0338. The maximum Gasteiger partial charge on any atom is 0.183 e. The van der Waals surface area contributed by atoms with Crippen molar-refractivity contribution in [2.45, 2.75) is 12.5 Å². The van der Waals surface area contributed by atoms with E-state index in [0.29, 0.717) is 11.5 Å². The van der Waals surface area contributed by atoms with E-state index in [1.807, 2.05) is 0 Å². The standard InChI is InChI=1S/C6H13N3O2S2/c1-9(6(12)8-7)5-2-3-13(10,11)4-5/h5H,2-4,7H2,1H3,(H,8,12). The summed E-state index contributed by atoms with van der Waals surface area (Å²) in [6.45, 7) is 0. The summed E-state index contributed by atoms with van der Waals surface area (Å²) in [6.07, 6.45) is 0.626. The molecule has 76 valence electrons. The van der Waals surface area contributed by atoms with Crippen LogP contribution in [-0.2, 0) is 9.84 Å². The van der Waals surface area contributed by atoms with E-state index in [4.69, 9.17) is 18.1 Å². The Labute approximate surface area is 83.2 Å². The van der Waals surface area contributed by atoms with Crippen molar-refractivity contribution in [1.29, 1.82) is 0 Å². The average Bonchev–Trinajstić information content (AvgIpc) is 2.43. The summed E-state index contributed by atoms with van der Waals surface area (Å²) in [6, 6.07) is -0.0338. The van der Waals surface area contributed by atoms with Gasteiger partial charge in [0.15, 0.2) is 14.9 Å². The summed E-state index contributed by atoms with van der Waals surface area (Å²) in [5.74, 6) is 5.54. The lowest BCUT2D eigenvalue weighted by Gasteiger charge is -2.24. The number of sulfone groups is 1. The molecule has 0 aromatic rings. The fraction of sp³-hybridized carbons (Fsp3) is 0.833. The van der Waals surface area contributed by atoms with Gasteiger partial charge in [0.25, 0.3) is 0 Å². The molecule has 13 heavy (non-hydrogen) atoms. The molecule has 0 radical (unpaired) electrons. The van der Waals surface area contributed by atoms with Crippen molar-refractivity contribution in [2.75, 3.05) is 18.6 Å². The van der Waals surface area contributed by atoms with Crippen LogP contribution >= 0.6 is 12.2 Å². The predicted molar refractivity (Wildman–Crippen MR) is 54.7 cm³/mol. The van der Waals surface area contributed by atoms with Gasteiger partial charge in [-0.2, -0.15) is 0 Å². The molecule has 0 bridgehead atoms. The first-order valence-corrected chi connectivity index (χ1v) is 6.13. The minimum Gasteiger partial charge on any atom is -0.347 e. The van der Waals surface area contributed by atoms with Crippen LogP contribution < -0.4 is 11.3 Å². The number of nitrogens with one attached hydrogen (secondary N) is 1. The van der Waals surface area contributed by atoms with Gasteiger partial charge in [-0.3, -0.25) is 0 Å². The van der Waals surface area contributed by atoms with E-state index in [1.165, 1.54) is 0 Å². The molecule has 1 unspecified atom stereocenters. The van der Waals surface area contributed by atoms with Crippen molar-refractivity contribution < 1.29 is 8.42 Å². The summed E-state index contributed by atoms with van der Waals surface area (Å²) in [5, 5.41) is 0.377. The van der Waals surface area contributed by atoms with Crippen molar-refractivity contribution in [3.8, 4) is 0 Å². The molecule has 0 aliphatic carbocycles. The molecule has 0 spiro atoms. The number of hydrazine groups is 1. The zero-order valence-electron chi connectivity index (χ0n) is 7.36. The number of thiocarbonyl (C=S) groups is 1. The first-order valence-electron chi connectivity index (χ1n) is 3.90. The first-order chi connectivity index (χ1) is 5.96. The molecule has 1 atom stereocenters. The number of nitrogens with zero attached hydrogens (tertiary/aromatic N) is 1. The topological polar surface area (TPSA) is 75.4 Å². The summed E-state index contributed by atoms with van der Waals surface area (Å²) < 4.78 is 22.3. The van der Waals surface area contributed by atoms with Gasteiger partial charge in [0.05, 0.1) is 11.5 Å². The van der Waals surface area contributed by atoms with Gasteiger partial charge in [-0.05, 0) is 18.6 Å². The first kappa shape index (κ1) is 10.7. The molecule has 1 heterocycles. The van der Waals surface area contributed by atoms with E-state index in [-0.39, 0.29) is 17.5 Å². The van der Waals surface area contributed by atoms with E-state index in [0.717, 1.165) is 0 Å². The maximum atomic E-state index is 11.1. The summed E-state index contributed by atoms with van der Waals surface area (Å²) in [4.78, 5) is 1.69. The Bertz CT molecular complexity index is 301. The van der Waals surface area contributed by atoms with Crippen molar-refractivity contribution in [1.82, 2.24) is 10.3 Å². The number of hydrogen-bond donors (Lipinski definition) is 2. The van der Waals surface area contributed by atoms with E-state index in [2.05, 4.69) is 5.43 Å². The third kappa shape index (κ3) is 2.52. The van der Waals surface area contributed by atoms with Crippen LogP contribution in [0.4, 0.5) is 0 Å². The van der Waals surface area contributed by atoms with E-state index < -0.39 is 9.84 Å². The summed E-state index contributed by atoms with van der Waals surface area (Å²) in [5.41, 5.74) is 2.33. The quantitative estimate of drug-likeness (QED) is 0.332. The summed E-state index contributed by atoms with van der Waals surface area (Å²) >= 11 is 4.88. The summed E-state index contributed by atoms with van der Waals surface area (Å²) in [7, 11) is -1.11. The molecule has 0 aromatic heterocycles. The average molecular weight is 223 g/mol. The molecule has 7 heteroatoms. The van der Waals surface area contributed by atoms with Crippen LogP contribution in [0.1, 0.15) is 6.42 Å². The van der Waals surface area contributed by atoms with E-state index in [1.54, 1.807) is 11.9 Å². The Morgan fingerprint density at radius 3 is 2.69 bits per heavy atom. The smallest absolute Gasteiger partial charge is 0.183 e. The van der Waals surface area contributed by atoms with Gasteiger partial charge in [0.2, 0.25) is 0 Å². The van der Waals surface area contributed by atoms with Gasteiger partial charge < -0.3 is 10.3 Å². The number of hydrogen-bond acceptors (Lipinski definition) is 4. The second kappa shape index (κ2) is 3.77. The monoisotopic (exact) mass is 223 g/mol. The fourth-order valence-corrected chi connectivity index (χ4v) is 3.27. The van der Waals surface area contributed by atoms with Crippen LogP contribution in [0.2, 0.25) is 0 Å². The van der Waals surface area contributed by atoms with Crippen LogP contribution in [0.15, 0.2) is 0 Å². The number of nitrogens with two attached hydrogens (primary N) is 1. The second-order valence-corrected chi connectivity index (χ2v) is 5.73. The Balaban J connectivity index is 2.61. The van der Waals surface area contributed by atoms with Crippen molar-refractivity contribution in [3.05, 3.63) is 0 Å². The molecular weight excluding hydrogens is 210 g/mol. The van der Waals surface area contributed by atoms with Crippen LogP contribution in [0.25, 0.3) is 0 Å². The third-order valence-electron chi connectivity index (χ3n) is 2.20. The lowest BCUT2D eigenvalue weighted by Crippen LogP contribution is -2.46. The second-order valence-electron chi connectivity index (χ2n) is 3.12. The molecule has 1 fully saturated rings. The zero-order chi connectivity index (χ0) is 10.1. The molecule has 5 nitrogen and oxygen atoms in total. The zero-order valence-corrected chi connectivity index (χ0v) is 8.99. The molecule has 1 saturated heterocycles. The van der Waals surface area contributed by atoms with Crippen molar-refractivity contribution in [3.63, 3.8) is 0 Å². The minimum atomic E-state index is -2.85. The van der Waals surface area contributed by atoms with Crippen molar-refractivity contribution in [2.24, 2.45) is 5.84 Å². The number of rotatable bonds is 1. The Kier molecular flexibility index (Phi) is 3.09. The van der Waals surface area contributed by atoms with Crippen LogP contribution in [0.5, 0.6) is 0 Å². The van der Waals surface area contributed by atoms with Gasteiger partial charge in [-0.15, -0.1) is 0 Å². The van der Waals surface area contributed by atoms with E-state index in [9.17, 15) is 8.42 Å². The molecule has 0 amide bonds. The van der Waals surface area contributed by atoms with Gasteiger partial charge >= 0.3 is 0 Å². The highest BCUT2D eigenvalue weighted by Crippen LogP contribution is 2.16. The molecule has 0 aromatic carbocycles. The molecule has 1 aliphatic heterocycles. The fourth-order valence-electron chi connectivity index (χ4n) is 1.35. The highest BCUT2D eigenvalue weighted by atomic mass is 32.2. The highest BCUT2D eigenvalue weighted by Gasteiger charge is 2.31. The van der Waals surface area contributed by atoms with Gasteiger partial charge in [-0.1, -0.05) is 0 Å². The maximum absolute atomic E-state index is 11.1. The van der Waals surface area contributed by atoms with Crippen LogP contribution in [0, 0.1) is 0 Å². The predicted octanol–water partition coefficient (Wildman–Crippen LogP) is -1.15. The molecule has 0 saturated carbocycles. The lowest BCUT2D eigenvalue weighted by atomic mass is 10.2. The van der Waals surface area contributed by atoms with Crippen LogP contribution in [-0.4, -0.2) is 43.0 Å². The largest absolute Gasteiger partial charge is 0.347 e. The van der Waals surface area contributed by atoms with E-state index >= 15 is 0 Å². The van der Waals surface area contributed by atoms with Crippen LogP contribution in [0.3, 0.4) is 0 Å². The van der Waals surface area contributed by atoms with Gasteiger partial charge in [-0.25, -0.2) is 14.3 Å². The third-order valence-corrected chi connectivity index (χ3v) is 4.36. The molecule has 1 aliphatic rings. The Hall–Kier alpha value is -0.400.